The van der Waals surface area contributed by atoms with Gasteiger partial charge in [-0.25, -0.2) is 4.98 Å². The number of carbonyl (C=O) groups is 1. The number of benzene rings is 1. The van der Waals surface area contributed by atoms with E-state index in [0.29, 0.717) is 23.6 Å². The van der Waals surface area contributed by atoms with Crippen LogP contribution in [0.15, 0.2) is 47.0 Å². The Labute approximate surface area is 171 Å². The molecular weight excluding hydrogens is 384 g/mol. The van der Waals surface area contributed by atoms with E-state index in [-0.39, 0.29) is 18.0 Å². The van der Waals surface area contributed by atoms with E-state index in [1.54, 1.807) is 17.8 Å². The summed E-state index contributed by atoms with van der Waals surface area (Å²) in [5, 5.41) is 19.0. The van der Waals surface area contributed by atoms with Crippen LogP contribution in [0.5, 0.6) is 0 Å². The zero-order chi connectivity index (χ0) is 21.0. The number of aromatic nitrogens is 4. The molecule has 1 saturated heterocycles. The molecule has 1 atom stereocenters. The molecule has 0 unspecified atom stereocenters. The van der Waals surface area contributed by atoms with Crippen LogP contribution in [0.25, 0.3) is 33.6 Å². The summed E-state index contributed by atoms with van der Waals surface area (Å²) in [6.07, 6.45) is 0.283. The van der Waals surface area contributed by atoms with Gasteiger partial charge in [0.25, 0.3) is 5.91 Å². The summed E-state index contributed by atoms with van der Waals surface area (Å²) in [5.74, 6) is 0.470. The van der Waals surface area contributed by atoms with Crippen LogP contribution in [0.2, 0.25) is 0 Å². The van der Waals surface area contributed by atoms with E-state index in [9.17, 15) is 9.90 Å². The van der Waals surface area contributed by atoms with Gasteiger partial charge in [0.1, 0.15) is 11.2 Å². The Balaban J connectivity index is 1.51. The van der Waals surface area contributed by atoms with Gasteiger partial charge in [-0.15, -0.1) is 0 Å². The Morgan fingerprint density at radius 2 is 1.97 bits per heavy atom. The SMILES string of the molecule is CN1CC[C@@](O)(c2cc(-c3cccc(-c4ccc5c(n4)c(N)nn5C)c3)on2)C1=O. The van der Waals surface area contributed by atoms with Crippen LogP contribution in [-0.4, -0.2) is 49.4 Å². The standard InChI is InChI=1S/C21H20N6O3/c1-26-9-8-21(29,20(26)28)17-11-16(30-25-17)13-5-3-4-12(10-13)14-6-7-15-18(23-14)19(22)24-27(15)2/h3-7,10-11,29H,8-9H2,1-2H3,(H2,22,24)/t21-/m1/s1. The van der Waals surface area contributed by atoms with Crippen LogP contribution in [0.3, 0.4) is 0 Å². The van der Waals surface area contributed by atoms with E-state index in [4.69, 9.17) is 10.3 Å². The van der Waals surface area contributed by atoms with Crippen LogP contribution in [0, 0.1) is 0 Å². The highest BCUT2D eigenvalue weighted by molar-refractivity contribution is 5.88. The van der Waals surface area contributed by atoms with E-state index in [2.05, 4.69) is 15.2 Å². The molecule has 1 aliphatic rings. The first-order valence-corrected chi connectivity index (χ1v) is 9.52. The van der Waals surface area contributed by atoms with Gasteiger partial charge in [-0.1, -0.05) is 23.4 Å². The summed E-state index contributed by atoms with van der Waals surface area (Å²) in [7, 11) is 3.48. The number of pyridine rings is 1. The number of likely N-dealkylation sites (tertiary alicyclic amines) is 1. The highest BCUT2D eigenvalue weighted by atomic mass is 16.5. The van der Waals surface area contributed by atoms with Gasteiger partial charge in [-0.2, -0.15) is 5.10 Å². The van der Waals surface area contributed by atoms with Gasteiger partial charge in [0.15, 0.2) is 17.2 Å². The highest BCUT2D eigenvalue weighted by Crippen LogP contribution is 2.35. The fraction of sp³-hybridized carbons (Fsp3) is 0.238. The third-order valence-corrected chi connectivity index (χ3v) is 5.61. The molecule has 5 rings (SSSR count). The predicted molar refractivity (Wildman–Crippen MR) is 110 cm³/mol. The molecule has 0 radical (unpaired) electrons. The molecule has 0 bridgehead atoms. The zero-order valence-corrected chi connectivity index (χ0v) is 16.5. The zero-order valence-electron chi connectivity index (χ0n) is 16.5. The normalized spacial score (nSPS) is 19.2. The predicted octanol–water partition coefficient (Wildman–Crippen LogP) is 1.92. The average molecular weight is 404 g/mol. The third kappa shape index (κ3) is 2.66. The maximum absolute atomic E-state index is 12.3. The van der Waals surface area contributed by atoms with E-state index in [1.165, 1.54) is 4.90 Å². The second-order valence-electron chi connectivity index (χ2n) is 7.57. The van der Waals surface area contributed by atoms with Gasteiger partial charge in [0, 0.05) is 44.3 Å². The molecule has 3 aromatic heterocycles. The number of aliphatic hydroxyl groups is 1. The fourth-order valence-corrected chi connectivity index (χ4v) is 3.85. The molecule has 4 aromatic rings. The number of hydrogen-bond acceptors (Lipinski definition) is 7. The molecule has 1 aliphatic heterocycles. The fourth-order valence-electron chi connectivity index (χ4n) is 3.85. The minimum absolute atomic E-state index is 0.222. The van der Waals surface area contributed by atoms with Gasteiger partial charge in [-0.05, 0) is 18.2 Å². The number of fused-ring (bicyclic) bond motifs is 1. The lowest BCUT2D eigenvalue weighted by atomic mass is 9.97. The lowest BCUT2D eigenvalue weighted by Crippen LogP contribution is -2.36. The molecule has 4 heterocycles. The molecule has 30 heavy (non-hydrogen) atoms. The Morgan fingerprint density at radius 3 is 2.73 bits per heavy atom. The number of nitrogens with two attached hydrogens (primary N) is 1. The van der Waals surface area contributed by atoms with E-state index in [1.807, 2.05) is 43.4 Å². The van der Waals surface area contributed by atoms with Crippen molar-refractivity contribution in [2.75, 3.05) is 19.3 Å². The van der Waals surface area contributed by atoms with Gasteiger partial charge >= 0.3 is 0 Å². The summed E-state index contributed by atoms with van der Waals surface area (Å²) in [6, 6.07) is 13.1. The topological polar surface area (TPSA) is 123 Å². The summed E-state index contributed by atoms with van der Waals surface area (Å²) in [6.45, 7) is 0.471. The molecule has 1 fully saturated rings. The van der Waals surface area contributed by atoms with Gasteiger partial charge < -0.3 is 20.3 Å². The van der Waals surface area contributed by atoms with Crippen molar-refractivity contribution >= 4 is 22.8 Å². The van der Waals surface area contributed by atoms with Crippen LogP contribution in [0.1, 0.15) is 12.1 Å². The Kier molecular flexibility index (Phi) is 3.90. The molecule has 1 aromatic carbocycles. The number of nitrogen functional groups attached to an aromatic ring is 1. The van der Waals surface area contributed by atoms with Crippen LogP contribution < -0.4 is 5.73 Å². The number of anilines is 1. The van der Waals surface area contributed by atoms with Crippen molar-refractivity contribution in [2.45, 2.75) is 12.0 Å². The van der Waals surface area contributed by atoms with Crippen molar-refractivity contribution < 1.29 is 14.4 Å². The van der Waals surface area contributed by atoms with Crippen molar-refractivity contribution in [2.24, 2.45) is 7.05 Å². The van der Waals surface area contributed by atoms with Crippen LogP contribution >= 0.6 is 0 Å². The Morgan fingerprint density at radius 1 is 1.17 bits per heavy atom. The van der Waals surface area contributed by atoms with Crippen molar-refractivity contribution in [1.82, 2.24) is 24.8 Å². The van der Waals surface area contributed by atoms with Crippen molar-refractivity contribution in [3.8, 4) is 22.6 Å². The molecule has 0 aliphatic carbocycles. The van der Waals surface area contributed by atoms with Gasteiger partial charge in [-0.3, -0.25) is 9.48 Å². The molecule has 0 saturated carbocycles. The number of hydrogen-bond donors (Lipinski definition) is 2. The molecule has 152 valence electrons. The maximum atomic E-state index is 12.3. The lowest BCUT2D eigenvalue weighted by molar-refractivity contribution is -0.143. The van der Waals surface area contributed by atoms with Crippen molar-refractivity contribution in [1.29, 1.82) is 0 Å². The molecule has 3 N–H and O–H groups in total. The summed E-state index contributed by atoms with van der Waals surface area (Å²) < 4.78 is 7.16. The highest BCUT2D eigenvalue weighted by Gasteiger charge is 2.47. The number of rotatable bonds is 3. The second kappa shape index (κ2) is 6.39. The molecule has 9 nitrogen and oxygen atoms in total. The number of carbonyl (C=O) groups excluding carboxylic acids is 1. The average Bonchev–Trinajstić information content (AvgIpc) is 3.43. The molecule has 0 spiro atoms. The van der Waals surface area contributed by atoms with E-state index in [0.717, 1.165) is 22.3 Å². The van der Waals surface area contributed by atoms with Gasteiger partial charge in [0.05, 0.1) is 11.2 Å². The maximum Gasteiger partial charge on any atom is 0.260 e. The van der Waals surface area contributed by atoms with Crippen molar-refractivity contribution in [3.05, 3.63) is 48.2 Å². The smallest absolute Gasteiger partial charge is 0.260 e. The second-order valence-corrected chi connectivity index (χ2v) is 7.57. The van der Waals surface area contributed by atoms with Gasteiger partial charge in [0.2, 0.25) is 0 Å². The summed E-state index contributed by atoms with van der Waals surface area (Å²) in [4.78, 5) is 18.5. The first-order chi connectivity index (χ1) is 14.4. The number of likely N-dealkylation sites (N-methyl/N-ethyl adjacent to an activating group) is 1. The summed E-state index contributed by atoms with van der Waals surface area (Å²) >= 11 is 0. The molecule has 1 amide bonds. The first kappa shape index (κ1) is 18.3. The van der Waals surface area contributed by atoms with E-state index >= 15 is 0 Å². The molecular formula is C21H20N6O3. The minimum Gasteiger partial charge on any atom is -0.380 e. The number of nitrogens with zero attached hydrogens (tertiary/aromatic N) is 5. The van der Waals surface area contributed by atoms with Crippen molar-refractivity contribution in [3.63, 3.8) is 0 Å². The van der Waals surface area contributed by atoms with Crippen LogP contribution in [-0.2, 0) is 17.4 Å². The monoisotopic (exact) mass is 404 g/mol. The first-order valence-electron chi connectivity index (χ1n) is 9.52. The molecule has 9 heteroatoms. The third-order valence-electron chi connectivity index (χ3n) is 5.61. The quantitative estimate of drug-likeness (QED) is 0.535. The van der Waals surface area contributed by atoms with E-state index < -0.39 is 5.60 Å². The van der Waals surface area contributed by atoms with Crippen LogP contribution in [0.4, 0.5) is 5.82 Å². The largest absolute Gasteiger partial charge is 0.380 e. The Bertz CT molecular complexity index is 1290. The summed E-state index contributed by atoms with van der Waals surface area (Å²) in [5.41, 5.74) is 8.42. The lowest BCUT2D eigenvalue weighted by Gasteiger charge is -2.16. The number of amides is 1. The Hall–Kier alpha value is -3.72. The number of aryl methyl sites for hydroxylation is 1. The minimum atomic E-state index is -1.64.